The van der Waals surface area contributed by atoms with Crippen LogP contribution in [0, 0.1) is 0 Å². The Morgan fingerprint density at radius 2 is 2.12 bits per heavy atom. The Bertz CT molecular complexity index is 394. The van der Waals surface area contributed by atoms with Gasteiger partial charge in [-0.2, -0.15) is 0 Å². The standard InChI is InChI=1S/C11H14N2O4/c1-13(7-8-4-2-3-5-12-8)9(11(16)17)6-10(14)15/h2-5,9H,6-7H2,1H3,(H,14,15)(H,16,17). The van der Waals surface area contributed by atoms with Crippen molar-refractivity contribution in [3.8, 4) is 0 Å². The fraction of sp³-hybridized carbons (Fsp3) is 0.364. The van der Waals surface area contributed by atoms with E-state index in [1.54, 1.807) is 31.4 Å². The van der Waals surface area contributed by atoms with Crippen molar-refractivity contribution in [1.29, 1.82) is 0 Å². The Hall–Kier alpha value is -1.95. The highest BCUT2D eigenvalue weighted by Crippen LogP contribution is 2.07. The number of pyridine rings is 1. The maximum atomic E-state index is 10.9. The molecule has 0 bridgehead atoms. The Morgan fingerprint density at radius 3 is 2.59 bits per heavy atom. The lowest BCUT2D eigenvalue weighted by Crippen LogP contribution is -2.39. The Kier molecular flexibility index (Phi) is 4.59. The molecule has 0 saturated heterocycles. The van der Waals surface area contributed by atoms with Crippen molar-refractivity contribution in [3.05, 3.63) is 30.1 Å². The first kappa shape index (κ1) is 13.1. The van der Waals surface area contributed by atoms with E-state index in [1.165, 1.54) is 4.90 Å². The third-order valence-electron chi connectivity index (χ3n) is 2.32. The molecular formula is C11H14N2O4. The van der Waals surface area contributed by atoms with E-state index in [1.807, 2.05) is 0 Å². The van der Waals surface area contributed by atoms with Gasteiger partial charge in [-0.05, 0) is 19.2 Å². The first-order valence-electron chi connectivity index (χ1n) is 5.05. The molecule has 1 heterocycles. The lowest BCUT2D eigenvalue weighted by molar-refractivity contribution is -0.149. The van der Waals surface area contributed by atoms with Gasteiger partial charge in [0.15, 0.2) is 0 Å². The first-order chi connectivity index (χ1) is 8.00. The minimum atomic E-state index is -1.15. The van der Waals surface area contributed by atoms with E-state index in [0.29, 0.717) is 12.2 Å². The number of likely N-dealkylation sites (N-methyl/N-ethyl adjacent to an activating group) is 1. The molecule has 6 nitrogen and oxygen atoms in total. The molecule has 0 spiro atoms. The predicted molar refractivity (Wildman–Crippen MR) is 59.4 cm³/mol. The quantitative estimate of drug-likeness (QED) is 0.747. The van der Waals surface area contributed by atoms with Gasteiger partial charge in [0.2, 0.25) is 0 Å². The summed E-state index contributed by atoms with van der Waals surface area (Å²) in [5.74, 6) is -2.28. The number of carboxylic acids is 2. The molecule has 0 radical (unpaired) electrons. The molecular weight excluding hydrogens is 224 g/mol. The van der Waals surface area contributed by atoms with Crippen LogP contribution in [0.25, 0.3) is 0 Å². The Labute approximate surface area is 98.5 Å². The topological polar surface area (TPSA) is 90.7 Å². The van der Waals surface area contributed by atoms with Gasteiger partial charge in [-0.1, -0.05) is 6.07 Å². The van der Waals surface area contributed by atoms with Crippen molar-refractivity contribution in [2.45, 2.75) is 19.0 Å². The second kappa shape index (κ2) is 5.95. The predicted octanol–water partition coefficient (Wildman–Crippen LogP) is 0.441. The molecule has 1 aromatic heterocycles. The monoisotopic (exact) mass is 238 g/mol. The molecule has 0 saturated carbocycles. The van der Waals surface area contributed by atoms with Crippen LogP contribution in [0.2, 0.25) is 0 Å². The normalized spacial score (nSPS) is 12.4. The lowest BCUT2D eigenvalue weighted by atomic mass is 10.2. The fourth-order valence-corrected chi connectivity index (χ4v) is 1.45. The number of hydrogen-bond donors (Lipinski definition) is 2. The van der Waals surface area contributed by atoms with Gasteiger partial charge in [-0.25, -0.2) is 0 Å². The van der Waals surface area contributed by atoms with E-state index in [4.69, 9.17) is 10.2 Å². The fourth-order valence-electron chi connectivity index (χ4n) is 1.45. The summed E-state index contributed by atoms with van der Waals surface area (Å²) in [4.78, 5) is 27.0. The summed E-state index contributed by atoms with van der Waals surface area (Å²) >= 11 is 0. The lowest BCUT2D eigenvalue weighted by Gasteiger charge is -2.22. The number of carbonyl (C=O) groups is 2. The molecule has 0 aliphatic rings. The average molecular weight is 238 g/mol. The summed E-state index contributed by atoms with van der Waals surface area (Å²) in [6.45, 7) is 0.297. The van der Waals surface area contributed by atoms with E-state index >= 15 is 0 Å². The third kappa shape index (κ3) is 4.20. The highest BCUT2D eigenvalue weighted by atomic mass is 16.4. The summed E-state index contributed by atoms with van der Waals surface area (Å²) in [5, 5.41) is 17.6. The van der Waals surface area contributed by atoms with E-state index in [2.05, 4.69) is 4.98 Å². The van der Waals surface area contributed by atoms with Gasteiger partial charge in [0.25, 0.3) is 0 Å². The van der Waals surface area contributed by atoms with Crippen molar-refractivity contribution in [3.63, 3.8) is 0 Å². The van der Waals surface area contributed by atoms with Gasteiger partial charge in [-0.15, -0.1) is 0 Å². The second-order valence-electron chi connectivity index (χ2n) is 3.69. The van der Waals surface area contributed by atoms with E-state index < -0.39 is 24.4 Å². The summed E-state index contributed by atoms with van der Waals surface area (Å²) < 4.78 is 0. The summed E-state index contributed by atoms with van der Waals surface area (Å²) in [6.07, 6.45) is 1.18. The number of aromatic nitrogens is 1. The minimum absolute atomic E-state index is 0.297. The number of nitrogens with zero attached hydrogens (tertiary/aromatic N) is 2. The van der Waals surface area contributed by atoms with Crippen LogP contribution in [-0.2, 0) is 16.1 Å². The summed E-state index contributed by atoms with van der Waals surface area (Å²) in [6, 6.07) is 4.27. The van der Waals surface area contributed by atoms with Gasteiger partial charge in [0.1, 0.15) is 6.04 Å². The van der Waals surface area contributed by atoms with Gasteiger partial charge < -0.3 is 10.2 Å². The Morgan fingerprint density at radius 1 is 1.41 bits per heavy atom. The van der Waals surface area contributed by atoms with Crippen LogP contribution in [0.15, 0.2) is 24.4 Å². The van der Waals surface area contributed by atoms with Crippen LogP contribution < -0.4 is 0 Å². The Balaban J connectivity index is 2.68. The number of rotatable bonds is 6. The number of aliphatic carboxylic acids is 2. The molecule has 6 heteroatoms. The van der Waals surface area contributed by atoms with Gasteiger partial charge >= 0.3 is 11.9 Å². The smallest absolute Gasteiger partial charge is 0.321 e. The van der Waals surface area contributed by atoms with Crippen molar-refractivity contribution < 1.29 is 19.8 Å². The molecule has 0 aliphatic carbocycles. The largest absolute Gasteiger partial charge is 0.481 e. The molecule has 0 fully saturated rings. The van der Waals surface area contributed by atoms with Crippen LogP contribution in [0.1, 0.15) is 12.1 Å². The zero-order valence-electron chi connectivity index (χ0n) is 9.41. The first-order valence-corrected chi connectivity index (χ1v) is 5.05. The highest BCUT2D eigenvalue weighted by Gasteiger charge is 2.25. The molecule has 1 rings (SSSR count). The third-order valence-corrected chi connectivity index (χ3v) is 2.32. The van der Waals surface area contributed by atoms with Gasteiger partial charge in [-0.3, -0.25) is 19.5 Å². The van der Waals surface area contributed by atoms with Gasteiger partial charge in [0, 0.05) is 12.7 Å². The maximum Gasteiger partial charge on any atom is 0.321 e. The zero-order valence-corrected chi connectivity index (χ0v) is 9.41. The van der Waals surface area contributed by atoms with Crippen LogP contribution in [0.5, 0.6) is 0 Å². The van der Waals surface area contributed by atoms with Gasteiger partial charge in [0.05, 0.1) is 12.1 Å². The van der Waals surface area contributed by atoms with Crippen LogP contribution in [-0.4, -0.2) is 45.1 Å². The van der Waals surface area contributed by atoms with Crippen molar-refractivity contribution in [2.75, 3.05) is 7.05 Å². The molecule has 1 unspecified atom stereocenters. The maximum absolute atomic E-state index is 10.9. The van der Waals surface area contributed by atoms with Crippen molar-refractivity contribution in [2.24, 2.45) is 0 Å². The van der Waals surface area contributed by atoms with Crippen molar-refractivity contribution >= 4 is 11.9 Å². The van der Waals surface area contributed by atoms with E-state index in [-0.39, 0.29) is 0 Å². The zero-order chi connectivity index (χ0) is 12.8. The second-order valence-corrected chi connectivity index (χ2v) is 3.69. The molecule has 0 aliphatic heterocycles. The summed E-state index contributed by atoms with van der Waals surface area (Å²) in [7, 11) is 1.57. The van der Waals surface area contributed by atoms with Crippen LogP contribution in [0.3, 0.4) is 0 Å². The number of carboxylic acid groups (broad SMARTS) is 2. The minimum Gasteiger partial charge on any atom is -0.481 e. The molecule has 1 atom stereocenters. The molecule has 17 heavy (non-hydrogen) atoms. The highest BCUT2D eigenvalue weighted by molar-refractivity contribution is 5.80. The molecule has 1 aromatic rings. The van der Waals surface area contributed by atoms with Crippen LogP contribution in [0.4, 0.5) is 0 Å². The summed E-state index contributed by atoms with van der Waals surface area (Å²) in [5.41, 5.74) is 0.701. The van der Waals surface area contributed by atoms with Crippen LogP contribution >= 0.6 is 0 Å². The van der Waals surface area contributed by atoms with Crippen molar-refractivity contribution in [1.82, 2.24) is 9.88 Å². The number of hydrogen-bond acceptors (Lipinski definition) is 4. The SMILES string of the molecule is CN(Cc1ccccn1)C(CC(=O)O)C(=O)O. The average Bonchev–Trinajstić information content (AvgIpc) is 2.26. The molecule has 92 valence electrons. The van der Waals surface area contributed by atoms with E-state index in [0.717, 1.165) is 0 Å². The molecule has 2 N–H and O–H groups in total. The molecule has 0 amide bonds. The van der Waals surface area contributed by atoms with E-state index in [9.17, 15) is 9.59 Å². The molecule has 0 aromatic carbocycles.